The first kappa shape index (κ1) is 22.0. The molecule has 0 aliphatic heterocycles. The molecule has 8 nitrogen and oxygen atoms in total. The first-order valence-corrected chi connectivity index (χ1v) is 10.3. The van der Waals surface area contributed by atoms with Crippen LogP contribution in [0, 0.1) is 5.82 Å². The number of likely N-dealkylation sites (N-methyl/N-ethyl adjacent to an activating group) is 1. The van der Waals surface area contributed by atoms with Crippen LogP contribution in [0.3, 0.4) is 0 Å². The van der Waals surface area contributed by atoms with E-state index in [0.717, 1.165) is 24.2 Å². The molecule has 1 aromatic carbocycles. The van der Waals surface area contributed by atoms with Crippen molar-refractivity contribution in [3.63, 3.8) is 0 Å². The number of quaternary nitrogens is 1. The van der Waals surface area contributed by atoms with E-state index in [1.54, 1.807) is 17.7 Å². The highest BCUT2D eigenvalue weighted by Crippen LogP contribution is 2.24. The molecule has 10 heteroatoms. The number of hydrogen-bond donors (Lipinski definition) is 2. The molecule has 2 N–H and O–H groups in total. The van der Waals surface area contributed by atoms with Gasteiger partial charge in [-0.1, -0.05) is 17.7 Å². The molecule has 0 saturated heterocycles. The molecule has 0 fully saturated rings. The zero-order chi connectivity index (χ0) is 22.0. The van der Waals surface area contributed by atoms with Gasteiger partial charge >= 0.3 is 5.69 Å². The summed E-state index contributed by atoms with van der Waals surface area (Å²) >= 11 is 6.22. The van der Waals surface area contributed by atoms with E-state index in [2.05, 4.69) is 24.1 Å². The van der Waals surface area contributed by atoms with Crippen LogP contribution in [-0.2, 0) is 20.6 Å². The van der Waals surface area contributed by atoms with Crippen LogP contribution in [0.4, 0.5) is 10.3 Å². The molecule has 0 aliphatic rings. The molecule has 2 aromatic heterocycles. The SMILES string of the molecule is CC[NH+](CC)CCNc1nc2c(c(=O)n(C)c(=O)n2C)n1Cc1c(F)cccc1Cl. The minimum absolute atomic E-state index is 0.00983. The number of halogens is 2. The minimum Gasteiger partial charge on any atom is -0.350 e. The summed E-state index contributed by atoms with van der Waals surface area (Å²) in [6.07, 6.45) is 0. The highest BCUT2D eigenvalue weighted by molar-refractivity contribution is 6.31. The van der Waals surface area contributed by atoms with Crippen molar-refractivity contribution in [2.75, 3.05) is 31.5 Å². The number of aromatic nitrogens is 4. The molecule has 0 atom stereocenters. The number of fused-ring (bicyclic) bond motifs is 1. The Bertz CT molecular complexity index is 1160. The Balaban J connectivity index is 2.13. The zero-order valence-corrected chi connectivity index (χ0v) is 18.4. The van der Waals surface area contributed by atoms with E-state index in [0.29, 0.717) is 12.5 Å². The molecule has 162 valence electrons. The van der Waals surface area contributed by atoms with Crippen molar-refractivity contribution in [2.24, 2.45) is 14.1 Å². The van der Waals surface area contributed by atoms with Crippen LogP contribution in [0.2, 0.25) is 5.02 Å². The van der Waals surface area contributed by atoms with Gasteiger partial charge in [-0.05, 0) is 26.0 Å². The number of anilines is 1. The van der Waals surface area contributed by atoms with Gasteiger partial charge in [-0.3, -0.25) is 18.5 Å². The zero-order valence-electron chi connectivity index (χ0n) is 17.6. The third-order valence-corrected chi connectivity index (χ3v) is 5.84. The lowest BCUT2D eigenvalue weighted by molar-refractivity contribution is -0.894. The number of hydrogen-bond acceptors (Lipinski definition) is 4. The number of imidazole rings is 1. The van der Waals surface area contributed by atoms with Crippen molar-refractivity contribution in [3.8, 4) is 0 Å². The summed E-state index contributed by atoms with van der Waals surface area (Å²) in [5.74, 6) is -0.0706. The fraction of sp³-hybridized carbons (Fsp3) is 0.450. The standard InChI is InChI=1S/C20H26ClFN6O2/c1-5-27(6-2)11-10-23-19-24-17-16(18(29)26(4)20(30)25(17)3)28(19)12-13-14(21)8-7-9-15(13)22/h7-9H,5-6,10-12H2,1-4H3,(H,23,24)/p+1. The molecule has 0 saturated carbocycles. The first-order valence-electron chi connectivity index (χ1n) is 9.96. The average molecular weight is 438 g/mol. The molecule has 0 unspecified atom stereocenters. The Morgan fingerprint density at radius 1 is 1.17 bits per heavy atom. The van der Waals surface area contributed by atoms with Crippen LogP contribution in [0.25, 0.3) is 11.2 Å². The van der Waals surface area contributed by atoms with Gasteiger partial charge in [-0.25, -0.2) is 9.18 Å². The van der Waals surface area contributed by atoms with Gasteiger partial charge in [0.25, 0.3) is 5.56 Å². The van der Waals surface area contributed by atoms with E-state index in [-0.39, 0.29) is 28.3 Å². The molecule has 0 aliphatic carbocycles. The number of nitrogens with zero attached hydrogens (tertiary/aromatic N) is 4. The van der Waals surface area contributed by atoms with Gasteiger partial charge in [0.2, 0.25) is 5.95 Å². The predicted molar refractivity (Wildman–Crippen MR) is 116 cm³/mol. The predicted octanol–water partition coefficient (Wildman–Crippen LogP) is 0.611. The summed E-state index contributed by atoms with van der Waals surface area (Å²) in [7, 11) is 2.97. The van der Waals surface area contributed by atoms with Crippen LogP contribution >= 0.6 is 11.6 Å². The number of benzene rings is 1. The highest BCUT2D eigenvalue weighted by atomic mass is 35.5. The maximum absolute atomic E-state index is 14.5. The Morgan fingerprint density at radius 2 is 1.87 bits per heavy atom. The second-order valence-electron chi connectivity index (χ2n) is 7.23. The first-order chi connectivity index (χ1) is 14.3. The lowest BCUT2D eigenvalue weighted by atomic mass is 10.2. The Kier molecular flexibility index (Phi) is 6.62. The minimum atomic E-state index is -0.490. The maximum atomic E-state index is 14.5. The van der Waals surface area contributed by atoms with Gasteiger partial charge in [-0.15, -0.1) is 0 Å². The third kappa shape index (κ3) is 3.99. The smallest absolute Gasteiger partial charge is 0.332 e. The van der Waals surface area contributed by atoms with Gasteiger partial charge in [0.15, 0.2) is 11.2 Å². The highest BCUT2D eigenvalue weighted by Gasteiger charge is 2.21. The average Bonchev–Trinajstić information content (AvgIpc) is 3.09. The third-order valence-electron chi connectivity index (χ3n) is 5.49. The molecule has 0 amide bonds. The molecule has 30 heavy (non-hydrogen) atoms. The van der Waals surface area contributed by atoms with Crippen molar-refractivity contribution in [1.29, 1.82) is 0 Å². The molecule has 0 radical (unpaired) electrons. The van der Waals surface area contributed by atoms with Gasteiger partial charge in [0, 0.05) is 24.7 Å². The van der Waals surface area contributed by atoms with Crippen molar-refractivity contribution < 1.29 is 9.29 Å². The van der Waals surface area contributed by atoms with Crippen LogP contribution in [-0.4, -0.2) is 44.9 Å². The quantitative estimate of drug-likeness (QED) is 0.541. The fourth-order valence-corrected chi connectivity index (χ4v) is 3.75. The Labute approximate surface area is 178 Å². The van der Waals surface area contributed by atoms with E-state index < -0.39 is 17.1 Å². The monoisotopic (exact) mass is 437 g/mol. The van der Waals surface area contributed by atoms with Gasteiger partial charge in [0.1, 0.15) is 5.82 Å². The fourth-order valence-electron chi connectivity index (χ4n) is 3.53. The number of rotatable bonds is 8. The van der Waals surface area contributed by atoms with Gasteiger partial charge < -0.3 is 10.2 Å². The second-order valence-corrected chi connectivity index (χ2v) is 7.64. The molecule has 0 spiro atoms. The lowest BCUT2D eigenvalue weighted by Gasteiger charge is -2.16. The summed E-state index contributed by atoms with van der Waals surface area (Å²) in [6, 6.07) is 4.46. The van der Waals surface area contributed by atoms with Crippen LogP contribution < -0.4 is 21.5 Å². The topological polar surface area (TPSA) is 78.3 Å². The molecule has 0 bridgehead atoms. The Morgan fingerprint density at radius 3 is 2.50 bits per heavy atom. The van der Waals surface area contributed by atoms with Crippen molar-refractivity contribution in [2.45, 2.75) is 20.4 Å². The van der Waals surface area contributed by atoms with Crippen molar-refractivity contribution >= 4 is 28.7 Å². The summed E-state index contributed by atoms with van der Waals surface area (Å²) < 4.78 is 18.4. The molecular weight excluding hydrogens is 411 g/mol. The van der Waals surface area contributed by atoms with Crippen LogP contribution in [0.1, 0.15) is 19.4 Å². The summed E-state index contributed by atoms with van der Waals surface area (Å²) in [4.78, 5) is 31.2. The molecule has 3 rings (SSSR count). The number of aryl methyl sites for hydroxylation is 1. The van der Waals surface area contributed by atoms with E-state index in [9.17, 15) is 14.0 Å². The van der Waals surface area contributed by atoms with Crippen molar-refractivity contribution in [1.82, 2.24) is 18.7 Å². The summed E-state index contributed by atoms with van der Waals surface area (Å²) in [6.45, 7) is 7.70. The molecular formula is C20H27ClFN6O2+. The van der Waals surface area contributed by atoms with E-state index >= 15 is 0 Å². The van der Waals surface area contributed by atoms with Gasteiger partial charge in [0.05, 0.1) is 32.7 Å². The van der Waals surface area contributed by atoms with E-state index in [1.165, 1.54) is 28.6 Å². The summed E-state index contributed by atoms with van der Waals surface area (Å²) in [5.41, 5.74) is -0.243. The summed E-state index contributed by atoms with van der Waals surface area (Å²) in [5, 5.41) is 3.52. The van der Waals surface area contributed by atoms with Crippen LogP contribution in [0.5, 0.6) is 0 Å². The molecule has 3 aromatic rings. The van der Waals surface area contributed by atoms with E-state index in [4.69, 9.17) is 11.6 Å². The maximum Gasteiger partial charge on any atom is 0.332 e. The Hall–Kier alpha value is -2.65. The largest absolute Gasteiger partial charge is 0.350 e. The number of nitrogens with one attached hydrogen (secondary N) is 2. The van der Waals surface area contributed by atoms with Crippen LogP contribution in [0.15, 0.2) is 27.8 Å². The van der Waals surface area contributed by atoms with Crippen molar-refractivity contribution in [3.05, 3.63) is 55.4 Å². The van der Waals surface area contributed by atoms with Gasteiger partial charge in [-0.2, -0.15) is 4.98 Å². The molecule has 2 heterocycles. The lowest BCUT2D eigenvalue weighted by Crippen LogP contribution is -3.12. The normalized spacial score (nSPS) is 11.6. The van der Waals surface area contributed by atoms with E-state index in [1.807, 2.05) is 0 Å². The second kappa shape index (κ2) is 9.01.